The van der Waals surface area contributed by atoms with E-state index >= 15 is 0 Å². The molecule has 0 amide bonds. The zero-order valence-electron chi connectivity index (χ0n) is 3.33. The Kier molecular flexibility index (Phi) is 0.569. The minimum atomic E-state index is 1.29. The summed E-state index contributed by atoms with van der Waals surface area (Å²) in [4.78, 5) is 0. The van der Waals surface area contributed by atoms with Crippen LogP contribution >= 0.6 is 0 Å². The summed E-state index contributed by atoms with van der Waals surface area (Å²) < 4.78 is 0. The van der Waals surface area contributed by atoms with Gasteiger partial charge in [-0.05, 0) is 19.3 Å². The molecule has 0 heterocycles. The minimum absolute atomic E-state index is 1.29. The predicted molar refractivity (Wildman–Crippen MR) is 22.5 cm³/mol. The molecule has 0 nitrogen and oxygen atoms in total. The molecule has 0 atom stereocenters. The molecule has 0 saturated heterocycles. The Hall–Kier alpha value is -0.130. The molecule has 1 saturated carbocycles. The molecule has 0 aromatic carbocycles. The maximum atomic E-state index is 3.76. The van der Waals surface area contributed by atoms with Crippen LogP contribution in [0.2, 0.25) is 0 Å². The lowest BCUT2D eigenvalue weighted by molar-refractivity contribution is 0.585. The molecule has 1 aliphatic rings. The van der Waals surface area contributed by atoms with Crippen LogP contribution in [0.1, 0.15) is 19.3 Å². The van der Waals surface area contributed by atoms with Gasteiger partial charge in [-0.15, -0.1) is 0 Å². The van der Waals surface area contributed by atoms with E-state index in [1.807, 2.05) is 0 Å². The van der Waals surface area contributed by atoms with Crippen molar-refractivity contribution in [1.29, 1.82) is 0 Å². The molecule has 0 N–H and O–H groups in total. The molecule has 1 radical (unpaired) electrons. The van der Waals surface area contributed by atoms with E-state index in [-0.39, 0.29) is 0 Å². The molecule has 0 spiro atoms. The Morgan fingerprint density at radius 1 is 1.40 bits per heavy atom. The smallest absolute Gasteiger partial charge is 0.0437 e. The van der Waals surface area contributed by atoms with Crippen molar-refractivity contribution in [3.63, 3.8) is 0 Å². The van der Waals surface area contributed by atoms with Gasteiger partial charge in [-0.2, -0.15) is 0 Å². The molecule has 0 unspecified atom stereocenters. The van der Waals surface area contributed by atoms with Crippen molar-refractivity contribution in [3.8, 4) is 0 Å². The first-order valence-corrected chi connectivity index (χ1v) is 2.06. The van der Waals surface area contributed by atoms with E-state index in [1.54, 1.807) is 0 Å². The van der Waals surface area contributed by atoms with Crippen molar-refractivity contribution < 1.29 is 0 Å². The molecule has 1 aliphatic carbocycles. The van der Waals surface area contributed by atoms with Crippen molar-refractivity contribution in [2.75, 3.05) is 0 Å². The van der Waals surface area contributed by atoms with Crippen LogP contribution in [-0.4, -0.2) is 0 Å². The fourth-order valence-corrected chi connectivity index (χ4v) is 0.427. The third-order valence-electron chi connectivity index (χ3n) is 1.06. The molecule has 1 rings (SSSR count). The lowest BCUT2D eigenvalue weighted by atomic mass is 9.88. The van der Waals surface area contributed by atoms with Gasteiger partial charge in [-0.3, -0.25) is 0 Å². The highest BCUT2D eigenvalue weighted by Gasteiger charge is 2.18. The van der Waals surface area contributed by atoms with Gasteiger partial charge >= 0.3 is 0 Å². The maximum absolute atomic E-state index is 3.76. The molecule has 5 heavy (non-hydrogen) atoms. The van der Waals surface area contributed by atoms with Gasteiger partial charge in [0.25, 0.3) is 0 Å². The van der Waals surface area contributed by atoms with Gasteiger partial charge < -0.3 is 0 Å². The first kappa shape index (κ1) is 3.08. The molecule has 0 aromatic heterocycles. The summed E-state index contributed by atoms with van der Waals surface area (Å²) in [5.41, 5.74) is 0. The monoisotopic (exact) mass is 68.1 g/mol. The second kappa shape index (κ2) is 0.925. The summed E-state index contributed by atoms with van der Waals surface area (Å²) in [5.74, 6) is 1.44. The van der Waals surface area contributed by atoms with Gasteiger partial charge in [0.2, 0.25) is 0 Å². The van der Waals surface area contributed by atoms with E-state index in [9.17, 15) is 0 Å². The summed E-state index contributed by atoms with van der Waals surface area (Å²) in [6.45, 7) is 3.76. The normalized spacial score (nSPS) is 25.6. The predicted octanol–water partition coefficient (Wildman–Crippen LogP) is 1.58. The average molecular weight is 68.1 g/mol. The minimum Gasteiger partial charge on any atom is -0.0437 e. The average Bonchev–Trinajstić information content (AvgIpc) is 1.30. The van der Waals surface area contributed by atoms with Gasteiger partial charge in [0, 0.05) is 0 Å². The Balaban J connectivity index is 2.08. The zero-order chi connectivity index (χ0) is 3.70. The first-order valence-electron chi connectivity index (χ1n) is 2.06. The largest absolute Gasteiger partial charge is 0.150 e. The van der Waals surface area contributed by atoms with E-state index in [4.69, 9.17) is 0 Å². The van der Waals surface area contributed by atoms with Crippen LogP contribution in [0.15, 0.2) is 0 Å². The number of rotatable bonds is 0. The molecule has 0 heteroatoms. The summed E-state index contributed by atoms with van der Waals surface area (Å²) in [6.07, 6.45) is 3.97. The van der Waals surface area contributed by atoms with Crippen molar-refractivity contribution in [3.05, 3.63) is 12.8 Å². The van der Waals surface area contributed by atoms with Crippen LogP contribution < -0.4 is 0 Å². The van der Waals surface area contributed by atoms with Gasteiger partial charge in [-0.25, -0.2) is 0 Å². The van der Waals surface area contributed by atoms with Crippen molar-refractivity contribution in [2.45, 2.75) is 19.3 Å². The highest BCUT2D eigenvalue weighted by Crippen LogP contribution is 2.26. The third-order valence-corrected chi connectivity index (χ3v) is 1.06. The van der Waals surface area contributed by atoms with Gasteiger partial charge in [0.05, 0.1) is 6.92 Å². The maximum Gasteiger partial charge on any atom is 0.150 e. The third kappa shape index (κ3) is 0.393. The summed E-state index contributed by atoms with van der Waals surface area (Å²) >= 11 is 0. The summed E-state index contributed by atoms with van der Waals surface area (Å²) in [7, 11) is 0. The lowest BCUT2D eigenvalue weighted by Gasteiger charge is -2.10. The molecular formula is C5H8+. The zero-order valence-corrected chi connectivity index (χ0v) is 3.33. The number of hydrogen-bond acceptors (Lipinski definition) is 0. The summed E-state index contributed by atoms with van der Waals surface area (Å²) in [5, 5.41) is 0. The van der Waals surface area contributed by atoms with E-state index in [0.717, 1.165) is 0 Å². The first-order chi connectivity index (χ1) is 2.39. The molecule has 0 aromatic rings. The van der Waals surface area contributed by atoms with E-state index in [1.165, 1.54) is 25.2 Å². The Morgan fingerprint density at radius 3 is 1.80 bits per heavy atom. The van der Waals surface area contributed by atoms with E-state index in [2.05, 4.69) is 6.92 Å². The van der Waals surface area contributed by atoms with Gasteiger partial charge in [0.15, 0.2) is 5.92 Å². The molecule has 27 valence electrons. The van der Waals surface area contributed by atoms with Crippen molar-refractivity contribution in [1.82, 2.24) is 0 Å². The molecule has 0 aliphatic heterocycles. The number of hydrogen-bond donors (Lipinski definition) is 0. The van der Waals surface area contributed by atoms with Gasteiger partial charge in [-0.1, -0.05) is 0 Å². The molecule has 1 fully saturated rings. The Labute approximate surface area is 33.2 Å². The highest BCUT2D eigenvalue weighted by atomic mass is 14.1. The molecular weight excluding hydrogens is 60.1 g/mol. The Morgan fingerprint density at radius 2 is 1.80 bits per heavy atom. The summed E-state index contributed by atoms with van der Waals surface area (Å²) in [6, 6.07) is 0. The van der Waals surface area contributed by atoms with E-state index < -0.39 is 0 Å². The van der Waals surface area contributed by atoms with Crippen LogP contribution in [0.4, 0.5) is 0 Å². The fraction of sp³-hybridized carbons (Fsp3) is 0.600. The van der Waals surface area contributed by atoms with Crippen LogP contribution in [-0.2, 0) is 0 Å². The standard InChI is InChI=1S/C5H8/c1-5-3-2-4-5/h1-4H2/q+1. The Bertz CT molecular complexity index is 27.0. The SMILES string of the molecule is [CH2+][C]1CCC1. The van der Waals surface area contributed by atoms with Crippen LogP contribution in [0.25, 0.3) is 0 Å². The van der Waals surface area contributed by atoms with E-state index in [0.29, 0.717) is 0 Å². The van der Waals surface area contributed by atoms with Crippen LogP contribution in [0.5, 0.6) is 0 Å². The highest BCUT2D eigenvalue weighted by molar-refractivity contribution is 5.00. The van der Waals surface area contributed by atoms with Gasteiger partial charge in [0.1, 0.15) is 0 Å². The quantitative estimate of drug-likeness (QED) is 0.378. The second-order valence-corrected chi connectivity index (χ2v) is 1.60. The lowest BCUT2D eigenvalue weighted by Crippen LogP contribution is -2.01. The second-order valence-electron chi connectivity index (χ2n) is 1.60. The topological polar surface area (TPSA) is 0 Å². The van der Waals surface area contributed by atoms with Crippen molar-refractivity contribution in [2.24, 2.45) is 0 Å². The van der Waals surface area contributed by atoms with Crippen LogP contribution in [0.3, 0.4) is 0 Å². The van der Waals surface area contributed by atoms with Crippen LogP contribution in [0, 0.1) is 12.8 Å². The van der Waals surface area contributed by atoms with Crippen molar-refractivity contribution >= 4 is 0 Å². The fourth-order valence-electron chi connectivity index (χ4n) is 0.427. The molecule has 0 bridgehead atoms.